The highest BCUT2D eigenvalue weighted by Crippen LogP contribution is 2.37. The molecule has 2 fully saturated rings. The Balaban J connectivity index is 1.49. The molecule has 0 aliphatic carbocycles. The van der Waals surface area contributed by atoms with E-state index in [2.05, 4.69) is 4.98 Å². The van der Waals surface area contributed by atoms with E-state index in [4.69, 9.17) is 28.4 Å². The fourth-order valence-electron chi connectivity index (χ4n) is 3.81. The third-order valence-electron chi connectivity index (χ3n) is 5.24. The van der Waals surface area contributed by atoms with E-state index in [1.807, 2.05) is 30.3 Å². The summed E-state index contributed by atoms with van der Waals surface area (Å²) in [5, 5.41) is 0. The number of methoxy groups -OCH3 is 1. The van der Waals surface area contributed by atoms with Crippen LogP contribution in [0, 0.1) is 0 Å². The van der Waals surface area contributed by atoms with Gasteiger partial charge in [-0.15, -0.1) is 0 Å². The van der Waals surface area contributed by atoms with Crippen molar-refractivity contribution in [2.24, 2.45) is 0 Å². The third kappa shape index (κ3) is 3.35. The number of ether oxygens (including phenoxy) is 6. The Morgan fingerprint density at radius 1 is 0.867 bits per heavy atom. The summed E-state index contributed by atoms with van der Waals surface area (Å²) >= 11 is 0. The van der Waals surface area contributed by atoms with Gasteiger partial charge in [0, 0.05) is 12.7 Å². The number of nitrogens with zero attached hydrogens (tertiary/aromatic N) is 1. The van der Waals surface area contributed by atoms with Gasteiger partial charge in [-0.25, -0.2) is 14.6 Å². The van der Waals surface area contributed by atoms with Gasteiger partial charge in [-0.3, -0.25) is 0 Å². The van der Waals surface area contributed by atoms with E-state index in [-0.39, 0.29) is 18.0 Å². The molecule has 1 aromatic carbocycles. The molecule has 0 radical (unpaired) electrons. The molecule has 9 nitrogen and oxygen atoms in total. The molecule has 0 spiro atoms. The molecule has 6 atom stereocenters. The lowest BCUT2D eigenvalue weighted by atomic mass is 9.97. The van der Waals surface area contributed by atoms with Crippen LogP contribution in [-0.4, -0.2) is 61.3 Å². The maximum absolute atomic E-state index is 12.7. The summed E-state index contributed by atoms with van der Waals surface area (Å²) in [6.07, 6.45) is -5.00. The third-order valence-corrected chi connectivity index (χ3v) is 5.24. The standard InChI is InChI=1S/C21H19NO8/c1-25-21-17-16(28-18(23)12-8-5-9-13(22-12)19(24)29-17)15-14(27-21)10-26-20(30-15)11-6-3-2-4-7-11/h2-9,14-17,20-21H,10H2,1H3/t14-,15-,16+,17-,20?,21+/m1/s1. The van der Waals surface area contributed by atoms with Gasteiger partial charge in [0.05, 0.1) is 6.61 Å². The first kappa shape index (κ1) is 19.1. The average molecular weight is 413 g/mol. The second kappa shape index (κ2) is 7.77. The van der Waals surface area contributed by atoms with Crippen molar-refractivity contribution in [1.82, 2.24) is 4.98 Å². The molecule has 2 aromatic rings. The molecule has 30 heavy (non-hydrogen) atoms. The summed E-state index contributed by atoms with van der Waals surface area (Å²) in [6, 6.07) is 13.8. The summed E-state index contributed by atoms with van der Waals surface area (Å²) in [7, 11) is 1.42. The van der Waals surface area contributed by atoms with Crippen LogP contribution in [0.2, 0.25) is 0 Å². The maximum Gasteiger partial charge on any atom is 0.357 e. The number of rotatable bonds is 2. The predicted molar refractivity (Wildman–Crippen MR) is 98.3 cm³/mol. The van der Waals surface area contributed by atoms with Crippen LogP contribution >= 0.6 is 0 Å². The van der Waals surface area contributed by atoms with Crippen molar-refractivity contribution >= 4 is 11.9 Å². The first-order valence-corrected chi connectivity index (χ1v) is 9.53. The van der Waals surface area contributed by atoms with Gasteiger partial charge in [0.25, 0.3) is 0 Å². The Bertz CT molecular complexity index is 951. The smallest absolute Gasteiger partial charge is 0.357 e. The number of benzene rings is 1. The largest absolute Gasteiger partial charge is 0.451 e. The molecule has 156 valence electrons. The number of aromatic nitrogens is 1. The fourth-order valence-corrected chi connectivity index (χ4v) is 3.81. The Kier molecular flexibility index (Phi) is 4.95. The van der Waals surface area contributed by atoms with Gasteiger partial charge in [-0.1, -0.05) is 36.4 Å². The van der Waals surface area contributed by atoms with Gasteiger partial charge in [0.2, 0.25) is 0 Å². The zero-order chi connectivity index (χ0) is 20.7. The predicted octanol–water partition coefficient (Wildman–Crippen LogP) is 1.63. The second-order valence-electron chi connectivity index (χ2n) is 7.10. The minimum Gasteiger partial charge on any atom is -0.451 e. The summed E-state index contributed by atoms with van der Waals surface area (Å²) in [5.74, 6) is -1.40. The number of pyridine rings is 1. The molecule has 5 rings (SSSR count). The van der Waals surface area contributed by atoms with E-state index in [0.717, 1.165) is 5.56 Å². The highest BCUT2D eigenvalue weighted by atomic mass is 16.8. The molecule has 0 amide bonds. The normalized spacial score (nSPS) is 33.1. The maximum atomic E-state index is 12.7. The molecule has 1 unspecified atom stereocenters. The van der Waals surface area contributed by atoms with Crippen LogP contribution in [0.25, 0.3) is 0 Å². The summed E-state index contributed by atoms with van der Waals surface area (Å²) in [6.45, 7) is 0.185. The topological polar surface area (TPSA) is 102 Å². The van der Waals surface area contributed by atoms with Crippen LogP contribution in [0.1, 0.15) is 32.8 Å². The van der Waals surface area contributed by atoms with Gasteiger partial charge < -0.3 is 28.4 Å². The van der Waals surface area contributed by atoms with Crippen molar-refractivity contribution in [2.75, 3.05) is 13.7 Å². The Morgan fingerprint density at radius 2 is 1.57 bits per heavy atom. The van der Waals surface area contributed by atoms with Crippen molar-refractivity contribution in [1.29, 1.82) is 0 Å². The molecule has 3 aliphatic rings. The molecule has 4 heterocycles. The molecule has 9 heteroatoms. The lowest BCUT2D eigenvalue weighted by Gasteiger charge is -2.47. The van der Waals surface area contributed by atoms with Crippen LogP contribution in [-0.2, 0) is 28.4 Å². The fraction of sp³-hybridized carbons (Fsp3) is 0.381. The number of carbonyl (C=O) groups is 2. The van der Waals surface area contributed by atoms with E-state index in [1.165, 1.54) is 19.2 Å². The lowest BCUT2D eigenvalue weighted by molar-refractivity contribution is -0.356. The molecular formula is C21H19NO8. The van der Waals surface area contributed by atoms with Crippen molar-refractivity contribution < 1.29 is 38.0 Å². The Hall–Kier alpha value is -2.85. The average Bonchev–Trinajstić information content (AvgIpc) is 2.83. The van der Waals surface area contributed by atoms with E-state index >= 15 is 0 Å². The molecule has 2 bridgehead atoms. The number of esters is 2. The minimum absolute atomic E-state index is 0.00265. The van der Waals surface area contributed by atoms with E-state index in [0.29, 0.717) is 0 Å². The van der Waals surface area contributed by atoms with Crippen molar-refractivity contribution in [3.63, 3.8) is 0 Å². The highest BCUT2D eigenvalue weighted by Gasteiger charge is 2.54. The monoisotopic (exact) mass is 413 g/mol. The van der Waals surface area contributed by atoms with Gasteiger partial charge in [0.1, 0.15) is 23.6 Å². The second-order valence-corrected chi connectivity index (χ2v) is 7.10. The number of hydrogen-bond acceptors (Lipinski definition) is 9. The van der Waals surface area contributed by atoms with Crippen molar-refractivity contribution in [3.05, 3.63) is 65.5 Å². The summed E-state index contributed by atoms with van der Waals surface area (Å²) in [5.41, 5.74) is 0.812. The number of hydrogen-bond donors (Lipinski definition) is 0. The quantitative estimate of drug-likeness (QED) is 0.680. The zero-order valence-corrected chi connectivity index (χ0v) is 16.0. The van der Waals surface area contributed by atoms with Crippen LogP contribution in [0.5, 0.6) is 0 Å². The molecule has 3 aliphatic heterocycles. The van der Waals surface area contributed by atoms with Gasteiger partial charge in [-0.2, -0.15) is 0 Å². The van der Waals surface area contributed by atoms with Crippen molar-refractivity contribution in [2.45, 2.75) is 37.0 Å². The van der Waals surface area contributed by atoms with E-state index < -0.39 is 48.9 Å². The molecule has 2 saturated heterocycles. The van der Waals surface area contributed by atoms with E-state index in [9.17, 15) is 9.59 Å². The molecule has 0 N–H and O–H groups in total. The van der Waals surface area contributed by atoms with Crippen LogP contribution < -0.4 is 0 Å². The Labute approximate surface area is 171 Å². The SMILES string of the molecule is CO[C@H]1O[C@@H]2COC(c3ccccc3)O[C@H]2[C@@H]2OC(=O)c3cccc(n3)C(=O)O[C@@H]12. The highest BCUT2D eigenvalue weighted by molar-refractivity contribution is 5.92. The van der Waals surface area contributed by atoms with Crippen LogP contribution in [0.3, 0.4) is 0 Å². The molecular weight excluding hydrogens is 394 g/mol. The summed E-state index contributed by atoms with van der Waals surface area (Å²) in [4.78, 5) is 29.4. The van der Waals surface area contributed by atoms with Gasteiger partial charge >= 0.3 is 11.9 Å². The van der Waals surface area contributed by atoms with Crippen LogP contribution in [0.4, 0.5) is 0 Å². The zero-order valence-electron chi connectivity index (χ0n) is 16.0. The minimum atomic E-state index is -1.04. The van der Waals surface area contributed by atoms with Gasteiger partial charge in [0.15, 0.2) is 24.8 Å². The first-order valence-electron chi connectivity index (χ1n) is 9.53. The van der Waals surface area contributed by atoms with E-state index in [1.54, 1.807) is 6.07 Å². The van der Waals surface area contributed by atoms with Crippen molar-refractivity contribution in [3.8, 4) is 0 Å². The number of fused-ring (bicyclic) bond motifs is 5. The lowest BCUT2D eigenvalue weighted by Crippen LogP contribution is -2.64. The summed E-state index contributed by atoms with van der Waals surface area (Å²) < 4.78 is 34.6. The molecule has 0 saturated carbocycles. The van der Waals surface area contributed by atoms with Gasteiger partial charge in [-0.05, 0) is 12.1 Å². The van der Waals surface area contributed by atoms with Crippen LogP contribution in [0.15, 0.2) is 48.5 Å². The number of carbonyl (C=O) groups excluding carboxylic acids is 2. The molecule has 1 aromatic heterocycles. The first-order chi connectivity index (χ1) is 14.6. The Morgan fingerprint density at radius 3 is 2.27 bits per heavy atom.